The predicted molar refractivity (Wildman–Crippen MR) is 103 cm³/mol. The number of rotatable bonds is 6. The summed E-state index contributed by atoms with van der Waals surface area (Å²) in [4.78, 5) is 20.8. The van der Waals surface area contributed by atoms with E-state index in [1.54, 1.807) is 10.9 Å². The summed E-state index contributed by atoms with van der Waals surface area (Å²) in [6.45, 7) is 6.86. The molecule has 3 aromatic rings. The Morgan fingerprint density at radius 2 is 2.00 bits per heavy atom. The van der Waals surface area contributed by atoms with E-state index in [0.717, 1.165) is 18.7 Å². The molecule has 25 heavy (non-hydrogen) atoms. The van der Waals surface area contributed by atoms with Crippen LogP contribution in [0.15, 0.2) is 46.2 Å². The SMILES string of the molecule is CC(C)(C)n1ncc2c(=O)[nH]c(NCCCSc3ccccc3)nc21. The van der Waals surface area contributed by atoms with Crippen molar-refractivity contribution in [2.75, 3.05) is 17.6 Å². The van der Waals surface area contributed by atoms with Crippen molar-refractivity contribution in [3.8, 4) is 0 Å². The largest absolute Gasteiger partial charge is 0.356 e. The lowest BCUT2D eigenvalue weighted by Gasteiger charge is -2.19. The third-order valence-electron chi connectivity index (χ3n) is 3.70. The van der Waals surface area contributed by atoms with E-state index in [-0.39, 0.29) is 11.1 Å². The van der Waals surface area contributed by atoms with E-state index in [1.165, 1.54) is 4.90 Å². The van der Waals surface area contributed by atoms with Gasteiger partial charge in [-0.25, -0.2) is 4.68 Å². The average Bonchev–Trinajstić information content (AvgIpc) is 3.00. The molecule has 0 aliphatic carbocycles. The lowest BCUT2D eigenvalue weighted by molar-refractivity contribution is 0.366. The van der Waals surface area contributed by atoms with Crippen LogP contribution in [0.1, 0.15) is 27.2 Å². The van der Waals surface area contributed by atoms with Crippen molar-refractivity contribution in [1.29, 1.82) is 0 Å². The Hall–Kier alpha value is -2.28. The van der Waals surface area contributed by atoms with Gasteiger partial charge in [-0.1, -0.05) is 18.2 Å². The van der Waals surface area contributed by atoms with Crippen LogP contribution in [0, 0.1) is 0 Å². The molecule has 0 saturated heterocycles. The fraction of sp³-hybridized carbons (Fsp3) is 0.389. The van der Waals surface area contributed by atoms with Crippen molar-refractivity contribution in [1.82, 2.24) is 19.7 Å². The smallest absolute Gasteiger partial charge is 0.263 e. The third kappa shape index (κ3) is 4.22. The fourth-order valence-corrected chi connectivity index (χ4v) is 3.35. The maximum Gasteiger partial charge on any atom is 0.263 e. The monoisotopic (exact) mass is 357 g/mol. The lowest BCUT2D eigenvalue weighted by atomic mass is 10.1. The number of anilines is 1. The zero-order valence-electron chi connectivity index (χ0n) is 14.7. The van der Waals surface area contributed by atoms with E-state index >= 15 is 0 Å². The summed E-state index contributed by atoms with van der Waals surface area (Å²) in [5.41, 5.74) is 0.214. The first-order valence-electron chi connectivity index (χ1n) is 8.35. The van der Waals surface area contributed by atoms with E-state index in [2.05, 4.69) is 32.5 Å². The van der Waals surface area contributed by atoms with Crippen LogP contribution in [0.4, 0.5) is 5.95 Å². The number of nitrogens with zero attached hydrogens (tertiary/aromatic N) is 3. The van der Waals surface area contributed by atoms with Gasteiger partial charge in [-0.05, 0) is 45.1 Å². The molecule has 0 fully saturated rings. The van der Waals surface area contributed by atoms with Gasteiger partial charge in [-0.3, -0.25) is 9.78 Å². The Morgan fingerprint density at radius 1 is 1.24 bits per heavy atom. The quantitative estimate of drug-likeness (QED) is 0.522. The number of fused-ring (bicyclic) bond motifs is 1. The summed E-state index contributed by atoms with van der Waals surface area (Å²) < 4.78 is 1.79. The minimum absolute atomic E-state index is 0.165. The van der Waals surface area contributed by atoms with E-state index in [0.29, 0.717) is 17.0 Å². The second-order valence-corrected chi connectivity index (χ2v) is 7.99. The van der Waals surface area contributed by atoms with Crippen LogP contribution in [0.3, 0.4) is 0 Å². The van der Waals surface area contributed by atoms with Gasteiger partial charge in [0.2, 0.25) is 5.95 Å². The second-order valence-electron chi connectivity index (χ2n) is 6.82. The molecule has 1 aromatic carbocycles. The Balaban J connectivity index is 1.63. The van der Waals surface area contributed by atoms with Gasteiger partial charge < -0.3 is 5.32 Å². The molecular weight excluding hydrogens is 334 g/mol. The molecule has 0 bridgehead atoms. The number of hydrogen-bond donors (Lipinski definition) is 2. The van der Waals surface area contributed by atoms with Crippen molar-refractivity contribution in [3.05, 3.63) is 46.9 Å². The van der Waals surface area contributed by atoms with Gasteiger partial charge in [-0.15, -0.1) is 11.8 Å². The molecule has 2 N–H and O–H groups in total. The van der Waals surface area contributed by atoms with E-state index in [1.807, 2.05) is 50.7 Å². The Bertz CT molecular complexity index is 895. The number of H-pyrrole nitrogens is 1. The van der Waals surface area contributed by atoms with Crippen molar-refractivity contribution >= 4 is 28.7 Å². The van der Waals surface area contributed by atoms with E-state index in [4.69, 9.17) is 0 Å². The highest BCUT2D eigenvalue weighted by Crippen LogP contribution is 2.19. The highest BCUT2D eigenvalue weighted by molar-refractivity contribution is 7.99. The number of thioether (sulfide) groups is 1. The first-order chi connectivity index (χ1) is 11.9. The molecule has 2 heterocycles. The summed E-state index contributed by atoms with van der Waals surface area (Å²) in [7, 11) is 0. The summed E-state index contributed by atoms with van der Waals surface area (Å²) in [6, 6.07) is 10.3. The lowest BCUT2D eigenvalue weighted by Crippen LogP contribution is -2.24. The van der Waals surface area contributed by atoms with Gasteiger partial charge in [0, 0.05) is 11.4 Å². The molecule has 6 nitrogen and oxygen atoms in total. The third-order valence-corrected chi connectivity index (χ3v) is 4.80. The van der Waals surface area contributed by atoms with Gasteiger partial charge in [-0.2, -0.15) is 10.1 Å². The van der Waals surface area contributed by atoms with Gasteiger partial charge >= 0.3 is 0 Å². The molecule has 3 rings (SSSR count). The van der Waals surface area contributed by atoms with Crippen LogP contribution in [-0.2, 0) is 5.54 Å². The molecule has 0 unspecified atom stereocenters. The molecule has 0 aliphatic heterocycles. The molecule has 0 spiro atoms. The summed E-state index contributed by atoms with van der Waals surface area (Å²) in [6.07, 6.45) is 2.55. The number of benzene rings is 1. The summed E-state index contributed by atoms with van der Waals surface area (Å²) in [5, 5.41) is 8.04. The highest BCUT2D eigenvalue weighted by atomic mass is 32.2. The Labute approximate surface area is 151 Å². The molecular formula is C18H23N5OS. The molecule has 7 heteroatoms. The van der Waals surface area contributed by atoms with Crippen molar-refractivity contribution in [2.24, 2.45) is 0 Å². The minimum atomic E-state index is -0.230. The fourth-order valence-electron chi connectivity index (χ4n) is 2.48. The van der Waals surface area contributed by atoms with Crippen LogP contribution in [0.25, 0.3) is 11.0 Å². The number of nitrogens with one attached hydrogen (secondary N) is 2. The minimum Gasteiger partial charge on any atom is -0.356 e. The van der Waals surface area contributed by atoms with E-state index in [9.17, 15) is 4.79 Å². The summed E-state index contributed by atoms with van der Waals surface area (Å²) >= 11 is 1.82. The standard InChI is InChI=1S/C18H23N5OS/c1-18(2,3)23-15-14(12-20-23)16(24)22-17(21-15)19-10-7-11-25-13-8-5-4-6-9-13/h4-6,8-9,12H,7,10-11H2,1-3H3,(H2,19,21,22,24). The van der Waals surface area contributed by atoms with Crippen molar-refractivity contribution in [2.45, 2.75) is 37.6 Å². The normalized spacial score (nSPS) is 11.8. The average molecular weight is 357 g/mol. The first kappa shape index (κ1) is 17.5. The van der Waals surface area contributed by atoms with Gasteiger partial charge in [0.25, 0.3) is 5.56 Å². The second kappa shape index (κ2) is 7.31. The summed E-state index contributed by atoms with van der Waals surface area (Å²) in [5.74, 6) is 1.50. The molecule has 0 radical (unpaired) electrons. The number of hydrogen-bond acceptors (Lipinski definition) is 5. The maximum atomic E-state index is 12.2. The highest BCUT2D eigenvalue weighted by Gasteiger charge is 2.19. The predicted octanol–water partition coefficient (Wildman–Crippen LogP) is 3.47. The van der Waals surface area contributed by atoms with Crippen molar-refractivity contribution in [3.63, 3.8) is 0 Å². The molecule has 0 atom stereocenters. The molecule has 132 valence electrons. The van der Waals surface area contributed by atoms with Crippen LogP contribution in [-0.4, -0.2) is 32.0 Å². The molecule has 0 aliphatic rings. The molecule has 0 amide bonds. The molecule has 2 aromatic heterocycles. The van der Waals surface area contributed by atoms with Crippen molar-refractivity contribution < 1.29 is 0 Å². The van der Waals surface area contributed by atoms with Crippen LogP contribution >= 0.6 is 11.8 Å². The van der Waals surface area contributed by atoms with Gasteiger partial charge in [0.05, 0.1) is 11.7 Å². The zero-order valence-corrected chi connectivity index (χ0v) is 15.6. The number of aromatic nitrogens is 4. The topological polar surface area (TPSA) is 75.6 Å². The van der Waals surface area contributed by atoms with Crippen LogP contribution < -0.4 is 10.9 Å². The Kier molecular flexibility index (Phi) is 5.13. The Morgan fingerprint density at radius 3 is 2.72 bits per heavy atom. The van der Waals surface area contributed by atoms with Gasteiger partial charge in [0.15, 0.2) is 5.65 Å². The van der Waals surface area contributed by atoms with E-state index < -0.39 is 0 Å². The number of aromatic amines is 1. The van der Waals surface area contributed by atoms with Gasteiger partial charge in [0.1, 0.15) is 5.39 Å². The van der Waals surface area contributed by atoms with Crippen LogP contribution in [0.5, 0.6) is 0 Å². The first-order valence-corrected chi connectivity index (χ1v) is 9.34. The van der Waals surface area contributed by atoms with Crippen LogP contribution in [0.2, 0.25) is 0 Å². The molecule has 0 saturated carbocycles. The zero-order chi connectivity index (χ0) is 17.9. The maximum absolute atomic E-state index is 12.2.